The monoisotopic (exact) mass is 702 g/mol. The third kappa shape index (κ3) is 7.42. The van der Waals surface area contributed by atoms with E-state index in [1.807, 2.05) is 32.9 Å². The first-order valence-corrected chi connectivity index (χ1v) is 16.0. The van der Waals surface area contributed by atoms with Crippen molar-refractivity contribution in [3.05, 3.63) is 76.9 Å². The summed E-state index contributed by atoms with van der Waals surface area (Å²) < 4.78 is 35.7. The van der Waals surface area contributed by atoms with Gasteiger partial charge in [-0.15, -0.1) is 0 Å². The van der Waals surface area contributed by atoms with Gasteiger partial charge in [0.05, 0.1) is 59.9 Å². The van der Waals surface area contributed by atoms with Gasteiger partial charge in [0.1, 0.15) is 0 Å². The van der Waals surface area contributed by atoms with Crippen molar-refractivity contribution in [1.82, 2.24) is 4.57 Å². The van der Waals surface area contributed by atoms with Gasteiger partial charge in [0, 0.05) is 0 Å². The summed E-state index contributed by atoms with van der Waals surface area (Å²) in [6.07, 6.45) is 1.75. The molecule has 2 heterocycles. The van der Waals surface area contributed by atoms with Gasteiger partial charge in [0.15, 0.2) is 34.4 Å². The lowest BCUT2D eigenvalue weighted by atomic mass is 9.95. The lowest BCUT2D eigenvalue weighted by Gasteiger charge is -2.25. The highest BCUT2D eigenvalue weighted by atomic mass is 79.9. The molecule has 0 saturated heterocycles. The minimum atomic E-state index is -0.873. The van der Waals surface area contributed by atoms with E-state index < -0.39 is 18.0 Å². The minimum Gasteiger partial charge on any atom is -0.490 e. The standard InChI is InChI=1S/C32H35BrN2O9S/c1-7-40-23-16-20(11-12-22(23)44-17-26(36)39-6)28-27(31(38)43-10-4)18(5)34-32-35(28)30(37)25(45-32)15-19-13-21(33)29(42-9-3)24(14-19)41-8-2/h11-16,28H,7-10,17H2,1-6H3/b25-15+/t28-/m0/s1. The zero-order chi connectivity index (χ0) is 32.7. The molecule has 45 heavy (non-hydrogen) atoms. The summed E-state index contributed by atoms with van der Waals surface area (Å²) in [5, 5.41) is 0. The van der Waals surface area contributed by atoms with Gasteiger partial charge in [-0.25, -0.2) is 14.6 Å². The Balaban J connectivity index is 1.90. The molecule has 2 aromatic carbocycles. The number of hydrogen-bond acceptors (Lipinski definition) is 11. The van der Waals surface area contributed by atoms with E-state index in [1.165, 1.54) is 23.0 Å². The lowest BCUT2D eigenvalue weighted by Crippen LogP contribution is -2.40. The number of methoxy groups -OCH3 is 1. The van der Waals surface area contributed by atoms with E-state index in [0.29, 0.717) is 73.4 Å². The van der Waals surface area contributed by atoms with Gasteiger partial charge >= 0.3 is 11.9 Å². The number of aromatic nitrogens is 1. The van der Waals surface area contributed by atoms with Gasteiger partial charge in [-0.2, -0.15) is 0 Å². The summed E-state index contributed by atoms with van der Waals surface area (Å²) in [6.45, 7) is 10.0. The molecular weight excluding hydrogens is 668 g/mol. The zero-order valence-corrected chi connectivity index (χ0v) is 28.3. The highest BCUT2D eigenvalue weighted by Crippen LogP contribution is 2.38. The highest BCUT2D eigenvalue weighted by molar-refractivity contribution is 9.10. The normalized spacial score (nSPS) is 14.4. The molecule has 0 aliphatic carbocycles. The van der Waals surface area contributed by atoms with Gasteiger partial charge in [0.25, 0.3) is 5.56 Å². The molecule has 0 spiro atoms. The number of rotatable bonds is 13. The van der Waals surface area contributed by atoms with Crippen LogP contribution < -0.4 is 33.8 Å². The molecule has 1 aromatic heterocycles. The quantitative estimate of drug-likeness (QED) is 0.240. The van der Waals surface area contributed by atoms with Crippen LogP contribution in [0.15, 0.2) is 55.9 Å². The second-order valence-corrected chi connectivity index (χ2v) is 11.4. The van der Waals surface area contributed by atoms with Crippen LogP contribution in [0.4, 0.5) is 0 Å². The average Bonchev–Trinajstić information content (AvgIpc) is 3.31. The summed E-state index contributed by atoms with van der Waals surface area (Å²) in [4.78, 5) is 44.2. The molecule has 0 N–H and O–H groups in total. The number of benzene rings is 2. The van der Waals surface area contributed by atoms with Gasteiger partial charge in [-0.3, -0.25) is 9.36 Å². The van der Waals surface area contributed by atoms with E-state index in [9.17, 15) is 14.4 Å². The van der Waals surface area contributed by atoms with Gasteiger partial charge in [0.2, 0.25) is 0 Å². The Hall–Kier alpha value is -4.10. The van der Waals surface area contributed by atoms with Gasteiger partial charge in [-0.05, 0) is 92.0 Å². The van der Waals surface area contributed by atoms with E-state index in [4.69, 9.17) is 23.7 Å². The number of allylic oxidation sites excluding steroid dienone is 1. The first kappa shape index (κ1) is 33.8. The number of esters is 2. The van der Waals surface area contributed by atoms with Gasteiger partial charge < -0.3 is 28.4 Å². The second-order valence-electron chi connectivity index (χ2n) is 9.50. The van der Waals surface area contributed by atoms with Crippen molar-refractivity contribution in [1.29, 1.82) is 0 Å². The second kappa shape index (κ2) is 15.3. The Morgan fingerprint density at radius 2 is 1.67 bits per heavy atom. The van der Waals surface area contributed by atoms with Crippen molar-refractivity contribution in [3.8, 4) is 23.0 Å². The molecular formula is C32H35BrN2O9S. The molecule has 240 valence electrons. The van der Waals surface area contributed by atoms with Crippen LogP contribution in [0.1, 0.15) is 51.8 Å². The number of carbonyl (C=O) groups is 2. The molecule has 3 aromatic rings. The summed E-state index contributed by atoms with van der Waals surface area (Å²) >= 11 is 4.77. The molecule has 4 rings (SSSR count). The molecule has 0 unspecified atom stereocenters. The number of hydrogen-bond donors (Lipinski definition) is 0. The molecule has 0 radical (unpaired) electrons. The summed E-state index contributed by atoms with van der Waals surface area (Å²) in [7, 11) is 1.27. The number of fused-ring (bicyclic) bond motifs is 1. The maximum absolute atomic E-state index is 14.1. The van der Waals surface area contributed by atoms with E-state index >= 15 is 0 Å². The third-order valence-electron chi connectivity index (χ3n) is 6.59. The number of carbonyl (C=O) groups excluding carboxylic acids is 2. The fraction of sp³-hybridized carbons (Fsp3) is 0.375. The maximum Gasteiger partial charge on any atom is 0.343 e. The Bertz CT molecular complexity index is 1790. The molecule has 0 bridgehead atoms. The van der Waals surface area contributed by atoms with Crippen LogP contribution in [0, 0.1) is 0 Å². The first-order chi connectivity index (χ1) is 21.7. The lowest BCUT2D eigenvalue weighted by molar-refractivity contribution is -0.143. The predicted octanol–water partition coefficient (Wildman–Crippen LogP) is 4.31. The van der Waals surface area contributed by atoms with Crippen LogP contribution in [0.5, 0.6) is 23.0 Å². The number of nitrogens with zero attached hydrogens (tertiary/aromatic N) is 2. The fourth-order valence-corrected chi connectivity index (χ4v) is 6.38. The fourth-order valence-electron chi connectivity index (χ4n) is 4.75. The number of thiazole rings is 1. The third-order valence-corrected chi connectivity index (χ3v) is 8.16. The largest absolute Gasteiger partial charge is 0.490 e. The Kier molecular flexibility index (Phi) is 11.5. The van der Waals surface area contributed by atoms with Crippen molar-refractivity contribution >= 4 is 45.3 Å². The van der Waals surface area contributed by atoms with Crippen LogP contribution in [-0.2, 0) is 19.1 Å². The smallest absolute Gasteiger partial charge is 0.343 e. The van der Waals surface area contributed by atoms with E-state index in [0.717, 1.165) is 0 Å². The molecule has 0 fully saturated rings. The minimum absolute atomic E-state index is 0.145. The Morgan fingerprint density at radius 3 is 2.33 bits per heavy atom. The first-order valence-electron chi connectivity index (χ1n) is 14.4. The van der Waals surface area contributed by atoms with E-state index in [1.54, 1.807) is 38.1 Å². The Morgan fingerprint density at radius 1 is 0.956 bits per heavy atom. The molecule has 1 atom stereocenters. The summed E-state index contributed by atoms with van der Waals surface area (Å²) in [5.74, 6) is 0.633. The number of halogens is 1. The van der Waals surface area contributed by atoms with Gasteiger partial charge in [-0.1, -0.05) is 17.4 Å². The maximum atomic E-state index is 14.1. The average molecular weight is 704 g/mol. The van der Waals surface area contributed by atoms with Crippen LogP contribution in [0.2, 0.25) is 0 Å². The van der Waals surface area contributed by atoms with Crippen molar-refractivity contribution < 1.29 is 38.0 Å². The zero-order valence-electron chi connectivity index (χ0n) is 25.9. The van der Waals surface area contributed by atoms with E-state index in [2.05, 4.69) is 25.7 Å². The van der Waals surface area contributed by atoms with Crippen LogP contribution in [0.3, 0.4) is 0 Å². The van der Waals surface area contributed by atoms with Crippen molar-refractivity contribution in [3.63, 3.8) is 0 Å². The van der Waals surface area contributed by atoms with Crippen LogP contribution >= 0.6 is 27.3 Å². The molecule has 0 saturated carbocycles. The Labute approximate surface area is 272 Å². The topological polar surface area (TPSA) is 124 Å². The highest BCUT2D eigenvalue weighted by Gasteiger charge is 2.34. The summed E-state index contributed by atoms with van der Waals surface area (Å²) in [5.41, 5.74) is 1.59. The van der Waals surface area contributed by atoms with Crippen LogP contribution in [0.25, 0.3) is 6.08 Å². The van der Waals surface area contributed by atoms with E-state index in [-0.39, 0.29) is 24.3 Å². The predicted molar refractivity (Wildman–Crippen MR) is 172 cm³/mol. The van der Waals surface area contributed by atoms with Crippen molar-refractivity contribution in [2.75, 3.05) is 40.1 Å². The molecule has 13 heteroatoms. The molecule has 1 aliphatic heterocycles. The summed E-state index contributed by atoms with van der Waals surface area (Å²) in [6, 6.07) is 7.82. The molecule has 1 aliphatic rings. The van der Waals surface area contributed by atoms with Crippen LogP contribution in [-0.4, -0.2) is 56.6 Å². The van der Waals surface area contributed by atoms with Crippen molar-refractivity contribution in [2.24, 2.45) is 4.99 Å². The number of ether oxygens (including phenoxy) is 6. The van der Waals surface area contributed by atoms with Crippen molar-refractivity contribution in [2.45, 2.75) is 40.7 Å². The molecule has 0 amide bonds. The SMILES string of the molecule is CCOC(=O)C1=C(C)N=c2s/c(=C/c3cc(Br)c(OCC)c(OCC)c3)c(=O)n2[C@H]1c1ccc(OCC(=O)OC)c(OCC)c1. The molecule has 11 nitrogen and oxygen atoms in total.